The molecule has 0 saturated carbocycles. The number of nitrogens with one attached hydrogen (secondary N) is 1. The van der Waals surface area contributed by atoms with Gasteiger partial charge in [-0.3, -0.25) is 4.79 Å². The average Bonchev–Trinajstić information content (AvgIpc) is 2.25. The van der Waals surface area contributed by atoms with Crippen molar-refractivity contribution in [3.8, 4) is 5.75 Å². The Labute approximate surface area is 121 Å². The molecule has 1 aromatic rings. The molecule has 0 radical (unpaired) electrons. The molecule has 0 atom stereocenters. The average molecular weight is 279 g/mol. The van der Waals surface area contributed by atoms with Crippen LogP contribution < -0.4 is 20.7 Å². The molecule has 0 bridgehead atoms. The number of anilines is 2. The van der Waals surface area contributed by atoms with E-state index in [1.165, 1.54) is 0 Å². The van der Waals surface area contributed by atoms with Crippen LogP contribution in [0.5, 0.6) is 5.75 Å². The van der Waals surface area contributed by atoms with Crippen LogP contribution in [0.15, 0.2) is 18.2 Å². The minimum absolute atomic E-state index is 0.0174. The van der Waals surface area contributed by atoms with Gasteiger partial charge in [0.25, 0.3) is 0 Å². The van der Waals surface area contributed by atoms with Crippen molar-refractivity contribution in [3.63, 3.8) is 0 Å². The lowest BCUT2D eigenvalue weighted by molar-refractivity contribution is -0.120. The van der Waals surface area contributed by atoms with Crippen molar-refractivity contribution in [1.29, 1.82) is 0 Å². The highest BCUT2D eigenvalue weighted by Gasteiger charge is 2.10. The van der Waals surface area contributed by atoms with E-state index in [-0.39, 0.29) is 24.6 Å². The summed E-state index contributed by atoms with van der Waals surface area (Å²) in [4.78, 5) is 13.6. The number of nitrogen functional groups attached to an aromatic ring is 1. The maximum Gasteiger partial charge on any atom is 0.239 e. The number of amides is 1. The molecular formula is C15H25N3O2. The van der Waals surface area contributed by atoms with Gasteiger partial charge in [-0.05, 0) is 33.8 Å². The Hall–Kier alpha value is -1.91. The summed E-state index contributed by atoms with van der Waals surface area (Å²) in [5, 5.41) is 2.86. The van der Waals surface area contributed by atoms with Crippen molar-refractivity contribution in [2.24, 2.45) is 0 Å². The second-order valence-electron chi connectivity index (χ2n) is 5.51. The van der Waals surface area contributed by atoms with E-state index in [0.29, 0.717) is 11.4 Å². The summed E-state index contributed by atoms with van der Waals surface area (Å²) in [5.41, 5.74) is 7.36. The number of carbonyl (C=O) groups excluding carboxylic acids is 1. The Morgan fingerprint density at radius 2 is 1.95 bits per heavy atom. The molecule has 0 spiro atoms. The standard InChI is InChI=1S/C15H25N3O2/c1-10(2)17-15(19)9-18(5)13-6-12(16)7-14(8-13)20-11(3)4/h6-8,10-11H,9,16H2,1-5H3,(H,17,19). The Balaban J connectivity index is 2.79. The zero-order valence-corrected chi connectivity index (χ0v) is 12.9. The van der Waals surface area contributed by atoms with Gasteiger partial charge in [0.05, 0.1) is 12.6 Å². The quantitative estimate of drug-likeness (QED) is 0.782. The summed E-state index contributed by atoms with van der Waals surface area (Å²) in [6.45, 7) is 8.08. The lowest BCUT2D eigenvalue weighted by Crippen LogP contribution is -2.38. The highest BCUT2D eigenvalue weighted by Crippen LogP contribution is 2.25. The largest absolute Gasteiger partial charge is 0.491 e. The number of ether oxygens (including phenoxy) is 1. The second kappa shape index (κ2) is 7.03. The molecule has 112 valence electrons. The molecule has 0 aliphatic rings. The fourth-order valence-electron chi connectivity index (χ4n) is 1.84. The molecule has 0 aromatic heterocycles. The van der Waals surface area contributed by atoms with Gasteiger partial charge in [-0.2, -0.15) is 0 Å². The zero-order chi connectivity index (χ0) is 15.3. The molecule has 0 saturated heterocycles. The fourth-order valence-corrected chi connectivity index (χ4v) is 1.84. The summed E-state index contributed by atoms with van der Waals surface area (Å²) in [7, 11) is 1.85. The second-order valence-corrected chi connectivity index (χ2v) is 5.51. The number of carbonyl (C=O) groups is 1. The number of benzene rings is 1. The molecule has 5 nitrogen and oxygen atoms in total. The predicted molar refractivity (Wildman–Crippen MR) is 83.2 cm³/mol. The zero-order valence-electron chi connectivity index (χ0n) is 12.9. The fraction of sp³-hybridized carbons (Fsp3) is 0.533. The van der Waals surface area contributed by atoms with Crippen LogP contribution in [-0.2, 0) is 4.79 Å². The summed E-state index contributed by atoms with van der Waals surface area (Å²) in [6.07, 6.45) is 0.0826. The van der Waals surface area contributed by atoms with E-state index in [9.17, 15) is 4.79 Å². The summed E-state index contributed by atoms with van der Waals surface area (Å²) in [5.74, 6) is 0.697. The van der Waals surface area contributed by atoms with Crippen LogP contribution in [0.2, 0.25) is 0 Å². The summed E-state index contributed by atoms with van der Waals surface area (Å²) < 4.78 is 5.65. The smallest absolute Gasteiger partial charge is 0.239 e. The molecule has 3 N–H and O–H groups in total. The first kappa shape index (κ1) is 16.1. The van der Waals surface area contributed by atoms with Gasteiger partial charge in [-0.25, -0.2) is 0 Å². The predicted octanol–water partition coefficient (Wildman–Crippen LogP) is 2.02. The normalized spacial score (nSPS) is 10.8. The molecule has 0 aliphatic carbocycles. The van der Waals surface area contributed by atoms with E-state index in [1.54, 1.807) is 6.07 Å². The van der Waals surface area contributed by atoms with E-state index in [4.69, 9.17) is 10.5 Å². The van der Waals surface area contributed by atoms with Gasteiger partial charge in [-0.15, -0.1) is 0 Å². The van der Waals surface area contributed by atoms with Gasteiger partial charge in [0.2, 0.25) is 5.91 Å². The monoisotopic (exact) mass is 279 g/mol. The Morgan fingerprint density at radius 3 is 2.50 bits per heavy atom. The molecule has 0 aliphatic heterocycles. The van der Waals surface area contributed by atoms with E-state index < -0.39 is 0 Å². The van der Waals surface area contributed by atoms with Crippen LogP contribution in [0.1, 0.15) is 27.7 Å². The first-order valence-electron chi connectivity index (χ1n) is 6.85. The van der Waals surface area contributed by atoms with Gasteiger partial charge >= 0.3 is 0 Å². The highest BCUT2D eigenvalue weighted by molar-refractivity contribution is 5.81. The first-order chi connectivity index (χ1) is 9.27. The maximum absolute atomic E-state index is 11.8. The van der Waals surface area contributed by atoms with Gasteiger partial charge in [-0.1, -0.05) is 0 Å². The van der Waals surface area contributed by atoms with Gasteiger partial charge in [0, 0.05) is 36.6 Å². The molecule has 5 heteroatoms. The van der Waals surface area contributed by atoms with Crippen LogP contribution in [0, 0.1) is 0 Å². The Bertz CT molecular complexity index is 458. The molecule has 0 heterocycles. The number of hydrogen-bond donors (Lipinski definition) is 2. The first-order valence-corrected chi connectivity index (χ1v) is 6.85. The van der Waals surface area contributed by atoms with Crippen LogP contribution in [0.25, 0.3) is 0 Å². The summed E-state index contributed by atoms with van der Waals surface area (Å²) in [6, 6.07) is 5.64. The number of hydrogen-bond acceptors (Lipinski definition) is 4. The Kier molecular flexibility index (Phi) is 5.67. The number of likely N-dealkylation sites (N-methyl/N-ethyl adjacent to an activating group) is 1. The molecule has 20 heavy (non-hydrogen) atoms. The molecule has 0 unspecified atom stereocenters. The van der Waals surface area contributed by atoms with E-state index >= 15 is 0 Å². The van der Waals surface area contributed by atoms with Crippen molar-refractivity contribution in [3.05, 3.63) is 18.2 Å². The van der Waals surface area contributed by atoms with Crippen LogP contribution in [0.3, 0.4) is 0 Å². The summed E-state index contributed by atoms with van der Waals surface area (Å²) >= 11 is 0. The van der Waals surface area contributed by atoms with Gasteiger partial charge in [0.1, 0.15) is 5.75 Å². The van der Waals surface area contributed by atoms with Gasteiger partial charge < -0.3 is 20.7 Å². The van der Waals surface area contributed by atoms with Crippen molar-refractivity contribution in [2.45, 2.75) is 39.8 Å². The molecule has 1 amide bonds. The lowest BCUT2D eigenvalue weighted by Gasteiger charge is -2.21. The van der Waals surface area contributed by atoms with Crippen molar-refractivity contribution in [2.75, 3.05) is 24.2 Å². The molecule has 0 fully saturated rings. The maximum atomic E-state index is 11.8. The van der Waals surface area contributed by atoms with Crippen molar-refractivity contribution < 1.29 is 9.53 Å². The third-order valence-corrected chi connectivity index (χ3v) is 2.56. The van der Waals surface area contributed by atoms with Crippen LogP contribution >= 0.6 is 0 Å². The highest BCUT2D eigenvalue weighted by atomic mass is 16.5. The number of nitrogens with two attached hydrogens (primary N) is 1. The van der Waals surface area contributed by atoms with E-state index in [1.807, 2.05) is 51.8 Å². The molecule has 1 aromatic carbocycles. The van der Waals surface area contributed by atoms with E-state index in [0.717, 1.165) is 5.69 Å². The third kappa shape index (κ3) is 5.38. The number of nitrogens with zero attached hydrogens (tertiary/aromatic N) is 1. The topological polar surface area (TPSA) is 67.6 Å². The third-order valence-electron chi connectivity index (χ3n) is 2.56. The number of rotatable bonds is 6. The van der Waals surface area contributed by atoms with Gasteiger partial charge in [0.15, 0.2) is 0 Å². The van der Waals surface area contributed by atoms with E-state index in [2.05, 4.69) is 5.32 Å². The minimum atomic E-state index is -0.0174. The minimum Gasteiger partial charge on any atom is -0.491 e. The van der Waals surface area contributed by atoms with Crippen molar-refractivity contribution in [1.82, 2.24) is 5.32 Å². The lowest BCUT2D eigenvalue weighted by atomic mass is 10.2. The van der Waals surface area contributed by atoms with Crippen molar-refractivity contribution >= 4 is 17.3 Å². The Morgan fingerprint density at radius 1 is 1.30 bits per heavy atom. The molecule has 1 rings (SSSR count). The SMILES string of the molecule is CC(C)NC(=O)CN(C)c1cc(N)cc(OC(C)C)c1. The van der Waals surface area contributed by atoms with Crippen LogP contribution in [-0.4, -0.2) is 31.6 Å². The van der Waals surface area contributed by atoms with Crippen LogP contribution in [0.4, 0.5) is 11.4 Å². The molecular weight excluding hydrogens is 254 g/mol.